The minimum atomic E-state index is -0.310. The number of morpholine rings is 1. The van der Waals surface area contributed by atoms with Crippen molar-refractivity contribution in [2.24, 2.45) is 0 Å². The molecule has 6 heteroatoms. The number of carbonyl (C=O) groups excluding carboxylic acids is 1. The minimum absolute atomic E-state index is 0.00809. The summed E-state index contributed by atoms with van der Waals surface area (Å²) in [6, 6.07) is 4.60. The van der Waals surface area contributed by atoms with Crippen LogP contribution in [-0.2, 0) is 4.74 Å². The summed E-state index contributed by atoms with van der Waals surface area (Å²) >= 11 is 0. The molecule has 0 spiro atoms. The maximum atomic E-state index is 13.4. The van der Waals surface area contributed by atoms with Gasteiger partial charge in [-0.2, -0.15) is 0 Å². The van der Waals surface area contributed by atoms with Crippen molar-refractivity contribution in [3.63, 3.8) is 0 Å². The summed E-state index contributed by atoms with van der Waals surface area (Å²) in [5, 5.41) is 6.90. The third-order valence-corrected chi connectivity index (χ3v) is 3.65. The molecule has 1 aromatic heterocycles. The summed E-state index contributed by atoms with van der Waals surface area (Å²) in [6.07, 6.45) is -0.00809. The van der Waals surface area contributed by atoms with E-state index in [1.54, 1.807) is 6.07 Å². The molecule has 1 fully saturated rings. The number of aromatic amines is 1. The number of benzene rings is 1. The molecule has 1 amide bonds. The molecule has 3 rings (SSSR count). The molecule has 0 radical (unpaired) electrons. The van der Waals surface area contributed by atoms with Crippen LogP contribution in [0.3, 0.4) is 0 Å². The van der Waals surface area contributed by atoms with E-state index in [-0.39, 0.29) is 17.8 Å². The molecular weight excluding hydrogens is 273 g/mol. The molecule has 1 saturated heterocycles. The van der Waals surface area contributed by atoms with Crippen LogP contribution in [0.2, 0.25) is 0 Å². The van der Waals surface area contributed by atoms with Crippen molar-refractivity contribution in [1.29, 1.82) is 0 Å². The lowest BCUT2D eigenvalue weighted by molar-refractivity contribution is 0.0287. The van der Waals surface area contributed by atoms with E-state index in [0.717, 1.165) is 24.0 Å². The largest absolute Gasteiger partial charge is 0.374 e. The molecule has 21 heavy (non-hydrogen) atoms. The number of H-pyrrole nitrogens is 1. The first-order valence-corrected chi connectivity index (χ1v) is 7.03. The zero-order valence-electron chi connectivity index (χ0n) is 11.8. The maximum absolute atomic E-state index is 13.4. The average Bonchev–Trinajstić information content (AvgIpc) is 2.90. The second-order valence-electron chi connectivity index (χ2n) is 5.27. The predicted octanol–water partition coefficient (Wildman–Crippen LogP) is 1.33. The smallest absolute Gasteiger partial charge is 0.267 e. The van der Waals surface area contributed by atoms with E-state index < -0.39 is 0 Å². The third-order valence-electron chi connectivity index (χ3n) is 3.65. The molecule has 2 heterocycles. The molecule has 1 aliphatic heterocycles. The van der Waals surface area contributed by atoms with Crippen molar-refractivity contribution in [2.45, 2.75) is 13.0 Å². The number of aryl methyl sites for hydroxylation is 1. The number of ether oxygens (including phenoxy) is 1. The first kappa shape index (κ1) is 14.0. The topological polar surface area (TPSA) is 66.2 Å². The highest BCUT2D eigenvalue weighted by molar-refractivity contribution is 5.98. The summed E-state index contributed by atoms with van der Waals surface area (Å²) in [5.74, 6) is -0.518. The second-order valence-corrected chi connectivity index (χ2v) is 5.27. The summed E-state index contributed by atoms with van der Waals surface area (Å²) in [6.45, 7) is 4.51. The van der Waals surface area contributed by atoms with Crippen molar-refractivity contribution >= 4 is 16.8 Å². The molecule has 3 N–H and O–H groups in total. The number of rotatable bonds is 3. The van der Waals surface area contributed by atoms with Crippen molar-refractivity contribution in [3.05, 3.63) is 35.3 Å². The van der Waals surface area contributed by atoms with Gasteiger partial charge in [-0.15, -0.1) is 0 Å². The highest BCUT2D eigenvalue weighted by Crippen LogP contribution is 2.21. The number of aromatic nitrogens is 1. The van der Waals surface area contributed by atoms with Gasteiger partial charge < -0.3 is 20.4 Å². The van der Waals surface area contributed by atoms with Crippen LogP contribution in [0.1, 0.15) is 16.1 Å². The van der Waals surface area contributed by atoms with Crippen molar-refractivity contribution in [1.82, 2.24) is 15.6 Å². The molecule has 5 nitrogen and oxygen atoms in total. The van der Waals surface area contributed by atoms with Crippen LogP contribution in [-0.4, -0.2) is 43.2 Å². The molecule has 2 aromatic rings. The summed E-state index contributed by atoms with van der Waals surface area (Å²) in [7, 11) is 0. The van der Waals surface area contributed by atoms with Crippen molar-refractivity contribution in [2.75, 3.05) is 26.2 Å². The van der Waals surface area contributed by atoms with Crippen LogP contribution in [0.4, 0.5) is 4.39 Å². The molecule has 112 valence electrons. The van der Waals surface area contributed by atoms with Crippen LogP contribution in [0, 0.1) is 12.7 Å². The van der Waals surface area contributed by atoms with Gasteiger partial charge in [-0.05, 0) is 30.7 Å². The standard InChI is InChI=1S/C15H18FN3O2/c1-9-4-10(16)5-13-12(9)6-14(19-13)15(20)18-8-11-7-17-2-3-21-11/h4-6,11,17,19H,2-3,7-8H2,1H3,(H,18,20). The Morgan fingerprint density at radius 1 is 1.48 bits per heavy atom. The number of halogens is 1. The van der Waals surface area contributed by atoms with Gasteiger partial charge in [-0.25, -0.2) is 4.39 Å². The normalized spacial score (nSPS) is 18.9. The van der Waals surface area contributed by atoms with Gasteiger partial charge in [0, 0.05) is 30.5 Å². The predicted molar refractivity (Wildman–Crippen MR) is 77.9 cm³/mol. The van der Waals surface area contributed by atoms with Gasteiger partial charge in [0.1, 0.15) is 11.5 Å². The Morgan fingerprint density at radius 2 is 2.33 bits per heavy atom. The zero-order valence-corrected chi connectivity index (χ0v) is 11.8. The third kappa shape index (κ3) is 3.06. The van der Waals surface area contributed by atoms with Gasteiger partial charge in [0.05, 0.1) is 12.7 Å². The van der Waals surface area contributed by atoms with E-state index in [0.29, 0.717) is 24.4 Å². The number of fused-ring (bicyclic) bond motifs is 1. The molecular formula is C15H18FN3O2. The summed E-state index contributed by atoms with van der Waals surface area (Å²) < 4.78 is 18.9. The molecule has 0 bridgehead atoms. The number of carbonyl (C=O) groups is 1. The summed E-state index contributed by atoms with van der Waals surface area (Å²) in [4.78, 5) is 15.1. The van der Waals surface area contributed by atoms with Gasteiger partial charge in [0.2, 0.25) is 0 Å². The number of hydrogen-bond donors (Lipinski definition) is 3. The van der Waals surface area contributed by atoms with Gasteiger partial charge in [-0.3, -0.25) is 4.79 Å². The first-order chi connectivity index (χ1) is 10.1. The lowest BCUT2D eigenvalue weighted by Crippen LogP contribution is -2.45. The Balaban J connectivity index is 1.71. The fourth-order valence-corrected chi connectivity index (χ4v) is 2.55. The van der Waals surface area contributed by atoms with Gasteiger partial charge in [0.15, 0.2) is 0 Å². The number of hydrogen-bond acceptors (Lipinski definition) is 3. The quantitative estimate of drug-likeness (QED) is 0.799. The highest BCUT2D eigenvalue weighted by Gasteiger charge is 2.16. The van der Waals surface area contributed by atoms with E-state index in [2.05, 4.69) is 15.6 Å². The van der Waals surface area contributed by atoms with E-state index in [1.807, 2.05) is 6.92 Å². The molecule has 0 aliphatic carbocycles. The van der Waals surface area contributed by atoms with Crippen LogP contribution >= 0.6 is 0 Å². The Morgan fingerprint density at radius 3 is 3.10 bits per heavy atom. The molecule has 1 aromatic carbocycles. The zero-order chi connectivity index (χ0) is 14.8. The first-order valence-electron chi connectivity index (χ1n) is 7.03. The van der Waals surface area contributed by atoms with E-state index in [9.17, 15) is 9.18 Å². The Labute approximate surface area is 121 Å². The number of nitrogens with one attached hydrogen (secondary N) is 3. The lowest BCUT2D eigenvalue weighted by Gasteiger charge is -2.23. The molecule has 0 saturated carbocycles. The lowest BCUT2D eigenvalue weighted by atomic mass is 10.1. The molecule has 1 aliphatic rings. The highest BCUT2D eigenvalue weighted by atomic mass is 19.1. The van der Waals surface area contributed by atoms with Crippen LogP contribution in [0.15, 0.2) is 18.2 Å². The Kier molecular flexibility index (Phi) is 3.90. The van der Waals surface area contributed by atoms with Crippen molar-refractivity contribution < 1.29 is 13.9 Å². The van der Waals surface area contributed by atoms with Crippen LogP contribution < -0.4 is 10.6 Å². The average molecular weight is 291 g/mol. The Bertz CT molecular complexity index is 662. The van der Waals surface area contributed by atoms with E-state index in [4.69, 9.17) is 4.74 Å². The SMILES string of the molecule is Cc1cc(F)cc2[nH]c(C(=O)NCC3CNCCO3)cc12. The van der Waals surface area contributed by atoms with Crippen LogP contribution in [0.5, 0.6) is 0 Å². The Hall–Kier alpha value is -1.92. The van der Waals surface area contributed by atoms with Crippen molar-refractivity contribution in [3.8, 4) is 0 Å². The van der Waals surface area contributed by atoms with Gasteiger partial charge in [-0.1, -0.05) is 0 Å². The molecule has 1 atom stereocenters. The van der Waals surface area contributed by atoms with E-state index >= 15 is 0 Å². The number of amides is 1. The monoisotopic (exact) mass is 291 g/mol. The minimum Gasteiger partial charge on any atom is -0.374 e. The van der Waals surface area contributed by atoms with Gasteiger partial charge in [0.25, 0.3) is 5.91 Å². The van der Waals surface area contributed by atoms with Crippen LogP contribution in [0.25, 0.3) is 10.9 Å². The maximum Gasteiger partial charge on any atom is 0.267 e. The fraction of sp³-hybridized carbons (Fsp3) is 0.400. The van der Waals surface area contributed by atoms with Gasteiger partial charge >= 0.3 is 0 Å². The second kappa shape index (κ2) is 5.83. The van der Waals surface area contributed by atoms with E-state index in [1.165, 1.54) is 12.1 Å². The summed E-state index contributed by atoms with van der Waals surface area (Å²) in [5.41, 5.74) is 1.87. The molecule has 1 unspecified atom stereocenters. The fourth-order valence-electron chi connectivity index (χ4n) is 2.55.